The molecule has 0 heterocycles. The number of phenolic OH excluding ortho intramolecular Hbond substituents is 1. The number of rotatable bonds is 14. The summed E-state index contributed by atoms with van der Waals surface area (Å²) in [4.78, 5) is 48.0. The molecule has 32 heavy (non-hydrogen) atoms. The summed E-state index contributed by atoms with van der Waals surface area (Å²) in [5.41, 5.74) is 12.1. The molecule has 0 aliphatic heterocycles. The highest BCUT2D eigenvalue weighted by Crippen LogP contribution is 2.10. The molecule has 3 amide bonds. The van der Waals surface area contributed by atoms with E-state index >= 15 is 0 Å². The van der Waals surface area contributed by atoms with Crippen molar-refractivity contribution < 1.29 is 29.4 Å². The number of amides is 3. The second-order valence-corrected chi connectivity index (χ2v) is 7.55. The molecule has 0 radical (unpaired) electrons. The molecule has 11 nitrogen and oxygen atoms in total. The van der Waals surface area contributed by atoms with Crippen molar-refractivity contribution in [3.63, 3.8) is 0 Å². The summed E-state index contributed by atoms with van der Waals surface area (Å²) < 4.78 is 0. The van der Waals surface area contributed by atoms with E-state index in [9.17, 15) is 24.3 Å². The number of carbonyl (C=O) groups is 4. The number of nitrogens with two attached hydrogens (primary N) is 2. The Morgan fingerprint density at radius 3 is 2.22 bits per heavy atom. The second kappa shape index (κ2) is 14.3. The maximum Gasteiger partial charge on any atom is 0.327 e. The summed E-state index contributed by atoms with van der Waals surface area (Å²) >= 11 is 3.90. The van der Waals surface area contributed by atoms with Gasteiger partial charge in [0.25, 0.3) is 0 Å². The number of unbranched alkanes of at least 4 members (excludes halogenated alkanes) is 1. The molecule has 9 N–H and O–H groups in total. The van der Waals surface area contributed by atoms with Crippen molar-refractivity contribution in [2.24, 2.45) is 11.5 Å². The van der Waals surface area contributed by atoms with Gasteiger partial charge in [0.15, 0.2) is 0 Å². The summed E-state index contributed by atoms with van der Waals surface area (Å²) in [6, 6.07) is 3.13. The largest absolute Gasteiger partial charge is 0.508 e. The average molecular weight is 470 g/mol. The highest BCUT2D eigenvalue weighted by atomic mass is 32.1. The molecule has 3 atom stereocenters. The molecule has 1 aromatic rings. The Kier molecular flexibility index (Phi) is 12.1. The van der Waals surface area contributed by atoms with Crippen LogP contribution in [-0.2, 0) is 25.6 Å². The number of thiol groups is 1. The molecule has 3 unspecified atom stereocenters. The molecule has 0 aliphatic carbocycles. The van der Waals surface area contributed by atoms with Crippen molar-refractivity contribution in [2.45, 2.75) is 43.8 Å². The lowest BCUT2D eigenvalue weighted by Gasteiger charge is -2.21. The molecule has 0 spiro atoms. The van der Waals surface area contributed by atoms with Crippen LogP contribution in [0.1, 0.15) is 24.8 Å². The molecule has 178 valence electrons. The van der Waals surface area contributed by atoms with Crippen LogP contribution in [0.3, 0.4) is 0 Å². The van der Waals surface area contributed by atoms with Gasteiger partial charge in [-0.25, -0.2) is 4.79 Å². The van der Waals surface area contributed by atoms with Gasteiger partial charge in [-0.05, 0) is 49.9 Å². The SMILES string of the molecule is NCCCCC(NC(=O)CNC(=O)C(N)Cc1ccc(O)cc1)C(=O)NC(CS)C(=O)O. The number of hydrogen-bond acceptors (Lipinski definition) is 8. The number of nitrogens with one attached hydrogen (secondary N) is 3. The minimum atomic E-state index is -1.24. The monoisotopic (exact) mass is 469 g/mol. The Morgan fingerprint density at radius 1 is 1.00 bits per heavy atom. The molecule has 0 bridgehead atoms. The Bertz CT molecular complexity index is 776. The first kappa shape index (κ1) is 27.2. The van der Waals surface area contributed by atoms with E-state index in [-0.39, 0.29) is 24.3 Å². The van der Waals surface area contributed by atoms with Gasteiger partial charge in [0.1, 0.15) is 17.8 Å². The summed E-state index contributed by atoms with van der Waals surface area (Å²) in [5, 5.41) is 25.6. The van der Waals surface area contributed by atoms with Crippen LogP contribution in [-0.4, -0.2) is 70.9 Å². The molecule has 0 aromatic heterocycles. The number of hydrogen-bond donors (Lipinski definition) is 8. The van der Waals surface area contributed by atoms with Crippen molar-refractivity contribution in [1.82, 2.24) is 16.0 Å². The van der Waals surface area contributed by atoms with Crippen molar-refractivity contribution >= 4 is 36.3 Å². The van der Waals surface area contributed by atoms with E-state index < -0.39 is 48.4 Å². The zero-order valence-corrected chi connectivity index (χ0v) is 18.5. The maximum absolute atomic E-state index is 12.4. The van der Waals surface area contributed by atoms with Gasteiger partial charge < -0.3 is 37.6 Å². The number of carboxylic acid groups (broad SMARTS) is 1. The first-order chi connectivity index (χ1) is 15.2. The van der Waals surface area contributed by atoms with Crippen LogP contribution in [0.25, 0.3) is 0 Å². The molecule has 0 aliphatic rings. The predicted octanol–water partition coefficient (Wildman–Crippen LogP) is -1.51. The van der Waals surface area contributed by atoms with E-state index in [1.807, 2.05) is 0 Å². The second-order valence-electron chi connectivity index (χ2n) is 7.18. The van der Waals surface area contributed by atoms with Gasteiger partial charge in [-0.15, -0.1) is 0 Å². The van der Waals surface area contributed by atoms with Crippen LogP contribution in [0.2, 0.25) is 0 Å². The minimum Gasteiger partial charge on any atom is -0.508 e. The quantitative estimate of drug-likeness (QED) is 0.119. The van der Waals surface area contributed by atoms with Crippen LogP contribution in [0, 0.1) is 0 Å². The fourth-order valence-corrected chi connectivity index (χ4v) is 2.99. The minimum absolute atomic E-state index is 0.0949. The number of carbonyl (C=O) groups excluding carboxylic acids is 3. The third-order valence-electron chi connectivity index (χ3n) is 4.55. The normalized spacial score (nSPS) is 13.5. The number of aliphatic carboxylic acids is 1. The fraction of sp³-hybridized carbons (Fsp3) is 0.500. The van der Waals surface area contributed by atoms with E-state index in [1.165, 1.54) is 12.1 Å². The van der Waals surface area contributed by atoms with Crippen LogP contribution in [0.15, 0.2) is 24.3 Å². The third kappa shape index (κ3) is 9.98. The number of carboxylic acids is 1. The number of aromatic hydroxyl groups is 1. The zero-order chi connectivity index (χ0) is 24.1. The van der Waals surface area contributed by atoms with Crippen molar-refractivity contribution in [2.75, 3.05) is 18.8 Å². The third-order valence-corrected chi connectivity index (χ3v) is 4.91. The maximum atomic E-state index is 12.4. The molecule has 1 aromatic carbocycles. The lowest BCUT2D eigenvalue weighted by atomic mass is 10.1. The van der Waals surface area contributed by atoms with Gasteiger partial charge in [-0.2, -0.15) is 12.6 Å². The summed E-state index contributed by atoms with van der Waals surface area (Å²) in [7, 11) is 0. The molecule has 1 rings (SSSR count). The average Bonchev–Trinajstić information content (AvgIpc) is 2.76. The Morgan fingerprint density at radius 2 is 1.66 bits per heavy atom. The van der Waals surface area contributed by atoms with Crippen molar-refractivity contribution in [3.05, 3.63) is 29.8 Å². The van der Waals surface area contributed by atoms with Crippen molar-refractivity contribution in [1.29, 1.82) is 0 Å². The van der Waals surface area contributed by atoms with Gasteiger partial charge in [0.05, 0.1) is 12.6 Å². The Hall–Kier alpha value is -2.83. The van der Waals surface area contributed by atoms with Crippen LogP contribution < -0.4 is 27.4 Å². The molecular formula is C20H31N5O6S. The van der Waals surface area contributed by atoms with Gasteiger partial charge >= 0.3 is 5.97 Å². The van der Waals surface area contributed by atoms with Gasteiger partial charge in [0.2, 0.25) is 17.7 Å². The zero-order valence-electron chi connectivity index (χ0n) is 17.6. The van der Waals surface area contributed by atoms with E-state index in [1.54, 1.807) is 12.1 Å². The lowest BCUT2D eigenvalue weighted by Crippen LogP contribution is -2.54. The molecule has 0 fully saturated rings. The molecule has 0 saturated heterocycles. The van der Waals surface area contributed by atoms with Gasteiger partial charge in [-0.3, -0.25) is 14.4 Å². The first-order valence-electron chi connectivity index (χ1n) is 10.1. The van der Waals surface area contributed by atoms with Gasteiger partial charge in [0, 0.05) is 5.75 Å². The lowest BCUT2D eigenvalue weighted by molar-refractivity contribution is -0.141. The fourth-order valence-electron chi connectivity index (χ4n) is 2.74. The summed E-state index contributed by atoms with van der Waals surface area (Å²) in [6.45, 7) is 0.00333. The van der Waals surface area contributed by atoms with Gasteiger partial charge in [-0.1, -0.05) is 12.1 Å². The number of phenols is 1. The topological polar surface area (TPSA) is 197 Å². The van der Waals surface area contributed by atoms with E-state index in [2.05, 4.69) is 28.6 Å². The highest BCUT2D eigenvalue weighted by Gasteiger charge is 2.26. The van der Waals surface area contributed by atoms with E-state index in [0.717, 1.165) is 5.56 Å². The molecule has 12 heteroatoms. The number of benzene rings is 1. The molecular weight excluding hydrogens is 438 g/mol. The first-order valence-corrected chi connectivity index (χ1v) is 10.8. The Balaban J connectivity index is 2.60. The van der Waals surface area contributed by atoms with E-state index in [4.69, 9.17) is 16.6 Å². The van der Waals surface area contributed by atoms with Crippen LogP contribution >= 0.6 is 12.6 Å². The predicted molar refractivity (Wildman–Crippen MR) is 121 cm³/mol. The van der Waals surface area contributed by atoms with E-state index in [0.29, 0.717) is 19.4 Å². The molecule has 0 saturated carbocycles. The van der Waals surface area contributed by atoms with Crippen LogP contribution in [0.4, 0.5) is 0 Å². The van der Waals surface area contributed by atoms with Crippen molar-refractivity contribution in [3.8, 4) is 5.75 Å². The Labute approximate surface area is 191 Å². The smallest absolute Gasteiger partial charge is 0.327 e. The summed E-state index contributed by atoms with van der Waals surface area (Å²) in [6.07, 6.45) is 1.62. The van der Waals surface area contributed by atoms with Crippen LogP contribution in [0.5, 0.6) is 5.75 Å². The highest BCUT2D eigenvalue weighted by molar-refractivity contribution is 7.80. The summed E-state index contributed by atoms with van der Waals surface area (Å²) in [5.74, 6) is -3.10. The standard InChI is InChI=1S/C20H31N5O6S/c21-8-2-1-3-15(19(29)25-16(11-32)20(30)31)24-17(27)10-23-18(28)14(22)9-12-4-6-13(26)7-5-12/h4-7,14-16,26,32H,1-3,8-11,21-22H2,(H,23,28)(H,24,27)(H,25,29)(H,30,31).